The number of hydrogen-bond acceptors (Lipinski definition) is 1. The van der Waals surface area contributed by atoms with Crippen LogP contribution in [0.1, 0.15) is 180 Å². The largest absolute Gasteiger partial charge is 0.481 e. The summed E-state index contributed by atoms with van der Waals surface area (Å²) in [5, 5.41) is 11.3. The van der Waals surface area contributed by atoms with Crippen LogP contribution in [0.25, 0.3) is 0 Å². The summed E-state index contributed by atoms with van der Waals surface area (Å²) in [5.41, 5.74) is -0.465. The summed E-state index contributed by atoms with van der Waals surface area (Å²) in [6.07, 6.45) is 36.4. The van der Waals surface area contributed by atoms with Crippen molar-refractivity contribution >= 4 is 5.97 Å². The predicted octanol–water partition coefficient (Wildman–Crippen LogP) is 10.9. The molecular weight excluding hydrogens is 428 g/mol. The van der Waals surface area contributed by atoms with E-state index < -0.39 is 11.4 Å². The summed E-state index contributed by atoms with van der Waals surface area (Å²) in [5.74, 6) is 1.05. The van der Waals surface area contributed by atoms with Crippen LogP contribution in [0.15, 0.2) is 0 Å². The maximum atomic E-state index is 13.7. The van der Waals surface area contributed by atoms with E-state index in [2.05, 4.69) is 0 Å². The Morgan fingerprint density at radius 3 is 1.00 bits per heavy atom. The zero-order valence-corrected chi connectivity index (χ0v) is 23.4. The molecule has 0 heterocycles. The maximum absolute atomic E-state index is 13.7. The summed E-state index contributed by atoms with van der Waals surface area (Å²) < 4.78 is 0. The third kappa shape index (κ3) is 9.70. The first-order chi connectivity index (χ1) is 17.2. The number of carboxylic acid groups (broad SMARTS) is 1. The molecule has 0 amide bonds. The van der Waals surface area contributed by atoms with Gasteiger partial charge in [0.05, 0.1) is 5.41 Å². The summed E-state index contributed by atoms with van der Waals surface area (Å²) in [4.78, 5) is 13.7. The second kappa shape index (κ2) is 17.1. The highest BCUT2D eigenvalue weighted by Gasteiger charge is 2.51. The van der Waals surface area contributed by atoms with Gasteiger partial charge in [0, 0.05) is 0 Å². The highest BCUT2D eigenvalue weighted by atomic mass is 16.4. The molecule has 3 saturated carbocycles. The molecule has 2 heteroatoms. The van der Waals surface area contributed by atoms with Crippen molar-refractivity contribution in [2.75, 3.05) is 0 Å². The van der Waals surface area contributed by atoms with Crippen LogP contribution in [0, 0.1) is 23.2 Å². The molecule has 0 aromatic carbocycles. The molecular formula is C33H60O2. The van der Waals surface area contributed by atoms with E-state index in [9.17, 15) is 9.90 Å². The quantitative estimate of drug-likeness (QED) is 0.418. The van der Waals surface area contributed by atoms with Crippen molar-refractivity contribution < 1.29 is 9.90 Å². The van der Waals surface area contributed by atoms with E-state index in [0.29, 0.717) is 17.8 Å². The highest BCUT2D eigenvalue weighted by molar-refractivity contribution is 5.75. The lowest BCUT2D eigenvalue weighted by atomic mass is 9.56. The van der Waals surface area contributed by atoms with Crippen LogP contribution in [-0.2, 0) is 4.79 Å². The molecule has 3 aliphatic carbocycles. The third-order valence-electron chi connectivity index (χ3n) is 10.4. The molecule has 0 atom stereocenters. The number of hydrogen-bond donors (Lipinski definition) is 1. The van der Waals surface area contributed by atoms with Crippen LogP contribution in [0.5, 0.6) is 0 Å². The Kier molecular flexibility index (Phi) is 14.2. The van der Waals surface area contributed by atoms with Gasteiger partial charge in [-0.05, 0) is 49.9 Å². The van der Waals surface area contributed by atoms with E-state index in [1.165, 1.54) is 173 Å². The van der Waals surface area contributed by atoms with Gasteiger partial charge in [-0.15, -0.1) is 0 Å². The van der Waals surface area contributed by atoms with E-state index in [0.717, 1.165) is 6.42 Å². The summed E-state index contributed by atoms with van der Waals surface area (Å²) >= 11 is 0. The Bertz CT molecular complexity index is 499. The van der Waals surface area contributed by atoms with Gasteiger partial charge >= 0.3 is 5.97 Å². The minimum atomic E-state index is -0.465. The molecule has 3 fully saturated rings. The fourth-order valence-electron chi connectivity index (χ4n) is 8.33. The lowest BCUT2D eigenvalue weighted by Gasteiger charge is -2.46. The van der Waals surface area contributed by atoms with E-state index in [-0.39, 0.29) is 0 Å². The monoisotopic (exact) mass is 488 g/mol. The SMILES string of the molecule is O=C(O)C(CC1CCCCCCCCC1)(C1CCCCCCCCC1)C1CCCCCCCCC1. The minimum absolute atomic E-state index is 0.390. The summed E-state index contributed by atoms with van der Waals surface area (Å²) in [6, 6.07) is 0. The minimum Gasteiger partial charge on any atom is -0.481 e. The van der Waals surface area contributed by atoms with Crippen molar-refractivity contribution in [3.63, 3.8) is 0 Å². The molecule has 2 nitrogen and oxygen atoms in total. The standard InChI is InChI=1S/C33H60O2/c34-32(35)33(30-24-18-12-6-2-7-13-19-25-30,31-26-20-14-8-3-9-15-21-27-31)28-29-22-16-10-4-1-5-11-17-23-29/h29-31H,1-28H2,(H,34,35). The van der Waals surface area contributed by atoms with Crippen LogP contribution in [0.4, 0.5) is 0 Å². The van der Waals surface area contributed by atoms with Crippen LogP contribution in [0.2, 0.25) is 0 Å². The molecule has 0 aromatic heterocycles. The van der Waals surface area contributed by atoms with Crippen molar-refractivity contribution in [1.29, 1.82) is 0 Å². The summed E-state index contributed by atoms with van der Waals surface area (Å²) in [7, 11) is 0. The number of rotatable bonds is 5. The average Bonchev–Trinajstić information content (AvgIpc) is 2.88. The van der Waals surface area contributed by atoms with Gasteiger partial charge in [0.25, 0.3) is 0 Å². The van der Waals surface area contributed by atoms with E-state index >= 15 is 0 Å². The molecule has 0 unspecified atom stereocenters. The van der Waals surface area contributed by atoms with Crippen LogP contribution in [0.3, 0.4) is 0 Å². The van der Waals surface area contributed by atoms with Crippen LogP contribution < -0.4 is 0 Å². The van der Waals surface area contributed by atoms with Crippen molar-refractivity contribution in [3.05, 3.63) is 0 Å². The van der Waals surface area contributed by atoms with Crippen molar-refractivity contribution in [1.82, 2.24) is 0 Å². The van der Waals surface area contributed by atoms with Crippen molar-refractivity contribution in [2.45, 2.75) is 180 Å². The lowest BCUT2D eigenvalue weighted by molar-refractivity contribution is -0.162. The zero-order valence-electron chi connectivity index (χ0n) is 23.4. The van der Waals surface area contributed by atoms with E-state index in [1.54, 1.807) is 0 Å². The normalized spacial score (nSPS) is 25.5. The van der Waals surface area contributed by atoms with Crippen LogP contribution in [-0.4, -0.2) is 11.1 Å². The predicted molar refractivity (Wildman–Crippen MR) is 150 cm³/mol. The van der Waals surface area contributed by atoms with Crippen molar-refractivity contribution in [3.8, 4) is 0 Å². The first kappa shape index (κ1) is 29.0. The molecule has 3 rings (SSSR count). The van der Waals surface area contributed by atoms with Gasteiger partial charge < -0.3 is 5.11 Å². The fraction of sp³-hybridized carbons (Fsp3) is 0.970. The van der Waals surface area contributed by atoms with Gasteiger partial charge in [0.2, 0.25) is 0 Å². The molecule has 204 valence electrons. The average molecular weight is 489 g/mol. The van der Waals surface area contributed by atoms with Crippen molar-refractivity contribution in [2.24, 2.45) is 23.2 Å². The summed E-state index contributed by atoms with van der Waals surface area (Å²) in [6.45, 7) is 0. The fourth-order valence-corrected chi connectivity index (χ4v) is 8.33. The molecule has 0 aliphatic heterocycles. The van der Waals surface area contributed by atoms with Gasteiger partial charge in [-0.3, -0.25) is 4.79 Å². The molecule has 0 aromatic rings. The van der Waals surface area contributed by atoms with Gasteiger partial charge in [0.15, 0.2) is 0 Å². The van der Waals surface area contributed by atoms with E-state index in [1.807, 2.05) is 0 Å². The Morgan fingerprint density at radius 1 is 0.457 bits per heavy atom. The van der Waals surface area contributed by atoms with Gasteiger partial charge in [-0.2, -0.15) is 0 Å². The van der Waals surface area contributed by atoms with E-state index in [4.69, 9.17) is 0 Å². The molecule has 35 heavy (non-hydrogen) atoms. The molecule has 3 aliphatic rings. The number of aliphatic carboxylic acids is 1. The smallest absolute Gasteiger partial charge is 0.310 e. The van der Waals surface area contributed by atoms with Crippen LogP contribution >= 0.6 is 0 Å². The third-order valence-corrected chi connectivity index (χ3v) is 10.4. The Balaban J connectivity index is 1.89. The Morgan fingerprint density at radius 2 is 0.714 bits per heavy atom. The molecule has 0 bridgehead atoms. The number of carbonyl (C=O) groups is 1. The first-order valence-electron chi connectivity index (χ1n) is 16.5. The second-order valence-corrected chi connectivity index (χ2v) is 13.0. The Hall–Kier alpha value is -0.530. The first-order valence-corrected chi connectivity index (χ1v) is 16.5. The highest BCUT2D eigenvalue weighted by Crippen LogP contribution is 2.52. The second-order valence-electron chi connectivity index (χ2n) is 13.0. The van der Waals surface area contributed by atoms with Gasteiger partial charge in [-0.1, -0.05) is 148 Å². The zero-order chi connectivity index (χ0) is 24.6. The topological polar surface area (TPSA) is 37.3 Å². The number of carboxylic acids is 1. The maximum Gasteiger partial charge on any atom is 0.310 e. The lowest BCUT2D eigenvalue weighted by Crippen LogP contribution is -2.47. The molecule has 0 spiro atoms. The Labute approximate surface area is 218 Å². The molecule has 0 radical (unpaired) electrons. The molecule has 1 N–H and O–H groups in total. The van der Waals surface area contributed by atoms with Gasteiger partial charge in [0.1, 0.15) is 0 Å². The van der Waals surface area contributed by atoms with Gasteiger partial charge in [-0.25, -0.2) is 0 Å². The molecule has 0 saturated heterocycles.